The lowest BCUT2D eigenvalue weighted by Gasteiger charge is -2.43. The van der Waals surface area contributed by atoms with E-state index in [0.29, 0.717) is 18.1 Å². The third-order valence-electron chi connectivity index (χ3n) is 4.76. The van der Waals surface area contributed by atoms with Crippen molar-refractivity contribution < 1.29 is 14.3 Å². The molecule has 1 amide bonds. The zero-order chi connectivity index (χ0) is 17.7. The van der Waals surface area contributed by atoms with Crippen LogP contribution in [-0.2, 0) is 14.3 Å². The summed E-state index contributed by atoms with van der Waals surface area (Å²) in [4.78, 5) is 27.2. The van der Waals surface area contributed by atoms with Gasteiger partial charge in [-0.2, -0.15) is 0 Å². The number of amides is 1. The average Bonchev–Trinajstić information content (AvgIpc) is 2.58. The van der Waals surface area contributed by atoms with Crippen molar-refractivity contribution in [1.29, 1.82) is 0 Å². The second kappa shape index (κ2) is 8.52. The predicted molar refractivity (Wildman–Crippen MR) is 94.8 cm³/mol. The number of esters is 1. The van der Waals surface area contributed by atoms with Gasteiger partial charge in [0.25, 0.3) is 0 Å². The molecule has 3 unspecified atom stereocenters. The van der Waals surface area contributed by atoms with Gasteiger partial charge in [0.2, 0.25) is 5.91 Å². The first-order valence-electron chi connectivity index (χ1n) is 8.77. The van der Waals surface area contributed by atoms with Gasteiger partial charge < -0.3 is 9.64 Å². The van der Waals surface area contributed by atoms with Crippen LogP contribution in [0.5, 0.6) is 0 Å². The van der Waals surface area contributed by atoms with Gasteiger partial charge in [-0.25, -0.2) is 4.79 Å². The number of piperidine rings is 1. The van der Waals surface area contributed by atoms with Crippen LogP contribution in [0.1, 0.15) is 58.1 Å². The summed E-state index contributed by atoms with van der Waals surface area (Å²) < 4.78 is 5.21. The van der Waals surface area contributed by atoms with Gasteiger partial charge in [0, 0.05) is 10.9 Å². The van der Waals surface area contributed by atoms with Crippen molar-refractivity contribution in [2.45, 2.75) is 58.5 Å². The fraction of sp³-hybridized carbons (Fsp3) is 0.579. The lowest BCUT2D eigenvalue weighted by atomic mass is 9.85. The molecular weight excluding hydrogens is 326 g/mol. The van der Waals surface area contributed by atoms with E-state index in [1.165, 1.54) is 0 Å². The molecule has 1 aromatic rings. The third-order valence-corrected chi connectivity index (χ3v) is 5.01. The van der Waals surface area contributed by atoms with Gasteiger partial charge in [-0.05, 0) is 50.3 Å². The number of nitrogens with zero attached hydrogens (tertiary/aromatic N) is 1. The normalized spacial score (nSPS) is 22.3. The van der Waals surface area contributed by atoms with Crippen LogP contribution in [-0.4, -0.2) is 29.4 Å². The van der Waals surface area contributed by atoms with Gasteiger partial charge in [-0.15, -0.1) is 0 Å². The Morgan fingerprint density at radius 1 is 1.25 bits per heavy atom. The van der Waals surface area contributed by atoms with Crippen molar-refractivity contribution >= 4 is 23.5 Å². The van der Waals surface area contributed by atoms with Crippen molar-refractivity contribution in [3.05, 3.63) is 34.9 Å². The summed E-state index contributed by atoms with van der Waals surface area (Å²) in [6.45, 7) is 6.05. The molecule has 132 valence electrons. The largest absolute Gasteiger partial charge is 0.464 e. The summed E-state index contributed by atoms with van der Waals surface area (Å²) in [6.07, 6.45) is 3.03. The monoisotopic (exact) mass is 351 g/mol. The smallest absolute Gasteiger partial charge is 0.328 e. The average molecular weight is 352 g/mol. The Morgan fingerprint density at radius 3 is 2.46 bits per heavy atom. The van der Waals surface area contributed by atoms with Gasteiger partial charge in [0.15, 0.2) is 0 Å². The maximum absolute atomic E-state index is 13.0. The van der Waals surface area contributed by atoms with Crippen LogP contribution in [0.2, 0.25) is 5.02 Å². The summed E-state index contributed by atoms with van der Waals surface area (Å²) >= 11 is 5.99. The standard InChI is InChI=1S/C19H26ClNO3/c1-4-13-9-12-17(14-7-10-15(20)11-8-14)21(18(13)22)16(5-2)19(23)24-6-3/h7-8,10-11,13,16-17H,4-6,9,12H2,1-3H3. The molecule has 0 radical (unpaired) electrons. The topological polar surface area (TPSA) is 46.6 Å². The Labute approximate surface area is 149 Å². The first-order chi connectivity index (χ1) is 11.5. The highest BCUT2D eigenvalue weighted by Crippen LogP contribution is 2.38. The van der Waals surface area contributed by atoms with E-state index in [0.717, 1.165) is 24.8 Å². The minimum Gasteiger partial charge on any atom is -0.464 e. The summed E-state index contributed by atoms with van der Waals surface area (Å²) in [5.74, 6) is -0.273. The van der Waals surface area contributed by atoms with Crippen LogP contribution < -0.4 is 0 Å². The van der Waals surface area contributed by atoms with Crippen LogP contribution in [0.3, 0.4) is 0 Å². The van der Waals surface area contributed by atoms with Crippen LogP contribution in [0, 0.1) is 5.92 Å². The van der Waals surface area contributed by atoms with E-state index in [4.69, 9.17) is 16.3 Å². The van der Waals surface area contributed by atoms with E-state index in [1.54, 1.807) is 11.8 Å². The Hall–Kier alpha value is -1.55. The van der Waals surface area contributed by atoms with Gasteiger partial charge in [-0.1, -0.05) is 37.6 Å². The molecule has 0 spiro atoms. The summed E-state index contributed by atoms with van der Waals surface area (Å²) in [7, 11) is 0. The number of hydrogen-bond acceptors (Lipinski definition) is 3. The lowest BCUT2D eigenvalue weighted by Crippen LogP contribution is -2.52. The van der Waals surface area contributed by atoms with E-state index >= 15 is 0 Å². The fourth-order valence-corrected chi connectivity index (χ4v) is 3.59. The Bertz CT molecular complexity index is 572. The molecule has 0 aliphatic carbocycles. The molecule has 0 bridgehead atoms. The van der Waals surface area contributed by atoms with Crippen molar-refractivity contribution in [2.75, 3.05) is 6.61 Å². The van der Waals surface area contributed by atoms with E-state index < -0.39 is 6.04 Å². The molecule has 24 heavy (non-hydrogen) atoms. The zero-order valence-electron chi connectivity index (χ0n) is 14.6. The van der Waals surface area contributed by atoms with E-state index in [1.807, 2.05) is 38.1 Å². The van der Waals surface area contributed by atoms with Gasteiger partial charge in [-0.3, -0.25) is 4.79 Å². The second-order valence-electron chi connectivity index (χ2n) is 6.17. The zero-order valence-corrected chi connectivity index (χ0v) is 15.4. The second-order valence-corrected chi connectivity index (χ2v) is 6.61. The summed E-state index contributed by atoms with van der Waals surface area (Å²) in [6, 6.07) is 6.90. The molecule has 1 saturated heterocycles. The minimum absolute atomic E-state index is 0.0166. The van der Waals surface area contributed by atoms with Gasteiger partial charge in [0.05, 0.1) is 12.6 Å². The van der Waals surface area contributed by atoms with E-state index in [9.17, 15) is 9.59 Å². The first kappa shape index (κ1) is 18.8. The molecule has 1 aliphatic rings. The molecule has 5 heteroatoms. The number of benzene rings is 1. The first-order valence-corrected chi connectivity index (χ1v) is 9.15. The Morgan fingerprint density at radius 2 is 1.92 bits per heavy atom. The Kier molecular flexibility index (Phi) is 6.67. The number of carbonyl (C=O) groups excluding carboxylic acids is 2. The molecule has 1 fully saturated rings. The van der Waals surface area contributed by atoms with Crippen molar-refractivity contribution in [3.8, 4) is 0 Å². The summed E-state index contributed by atoms with van der Waals surface area (Å²) in [5.41, 5.74) is 1.02. The van der Waals surface area contributed by atoms with Gasteiger partial charge >= 0.3 is 5.97 Å². The number of likely N-dealkylation sites (tertiary alicyclic amines) is 1. The Balaban J connectivity index is 2.37. The van der Waals surface area contributed by atoms with Gasteiger partial charge in [0.1, 0.15) is 6.04 Å². The van der Waals surface area contributed by atoms with Crippen molar-refractivity contribution in [1.82, 2.24) is 4.90 Å². The molecule has 3 atom stereocenters. The van der Waals surface area contributed by atoms with E-state index in [-0.39, 0.29) is 23.8 Å². The number of ether oxygens (including phenoxy) is 1. The molecule has 1 heterocycles. The minimum atomic E-state index is -0.535. The van der Waals surface area contributed by atoms with Crippen LogP contribution >= 0.6 is 11.6 Å². The molecule has 0 N–H and O–H groups in total. The molecule has 1 aromatic carbocycles. The lowest BCUT2D eigenvalue weighted by molar-refractivity contribution is -0.161. The molecular formula is C19H26ClNO3. The van der Waals surface area contributed by atoms with Crippen molar-refractivity contribution in [2.24, 2.45) is 5.92 Å². The van der Waals surface area contributed by atoms with Crippen LogP contribution in [0.15, 0.2) is 24.3 Å². The molecule has 0 saturated carbocycles. The number of halogens is 1. The maximum Gasteiger partial charge on any atom is 0.328 e. The molecule has 0 aromatic heterocycles. The summed E-state index contributed by atoms with van der Waals surface area (Å²) in [5, 5.41) is 0.663. The molecule has 4 nitrogen and oxygen atoms in total. The van der Waals surface area contributed by atoms with Crippen LogP contribution in [0.4, 0.5) is 0 Å². The molecule has 2 rings (SSSR count). The van der Waals surface area contributed by atoms with Crippen LogP contribution in [0.25, 0.3) is 0 Å². The highest BCUT2D eigenvalue weighted by Gasteiger charge is 2.41. The predicted octanol–water partition coefficient (Wildman–Crippen LogP) is 4.37. The fourth-order valence-electron chi connectivity index (χ4n) is 3.46. The van der Waals surface area contributed by atoms with Crippen molar-refractivity contribution in [3.63, 3.8) is 0 Å². The number of hydrogen-bond donors (Lipinski definition) is 0. The maximum atomic E-state index is 13.0. The molecule has 1 aliphatic heterocycles. The number of rotatable bonds is 6. The quantitative estimate of drug-likeness (QED) is 0.715. The van der Waals surface area contributed by atoms with E-state index in [2.05, 4.69) is 0 Å². The number of carbonyl (C=O) groups is 2. The SMILES string of the molecule is CCOC(=O)C(CC)N1C(=O)C(CC)CCC1c1ccc(Cl)cc1. The highest BCUT2D eigenvalue weighted by atomic mass is 35.5. The third kappa shape index (κ3) is 3.92. The highest BCUT2D eigenvalue weighted by molar-refractivity contribution is 6.30.